The summed E-state index contributed by atoms with van der Waals surface area (Å²) in [5.41, 5.74) is 6.17. The Morgan fingerprint density at radius 3 is 2.55 bits per heavy atom. The van der Waals surface area contributed by atoms with Crippen LogP contribution >= 0.6 is 0 Å². The van der Waals surface area contributed by atoms with E-state index in [4.69, 9.17) is 9.41 Å². The van der Waals surface area contributed by atoms with Crippen LogP contribution in [0.2, 0.25) is 0 Å². The van der Waals surface area contributed by atoms with Crippen LogP contribution in [0.1, 0.15) is 62.3 Å². The number of benzene rings is 2. The van der Waals surface area contributed by atoms with Gasteiger partial charge in [-0.05, 0) is 42.9 Å². The lowest BCUT2D eigenvalue weighted by Crippen LogP contribution is -2.39. The van der Waals surface area contributed by atoms with Crippen molar-refractivity contribution >= 4 is 22.6 Å². The zero-order chi connectivity index (χ0) is 20.8. The van der Waals surface area contributed by atoms with Crippen molar-refractivity contribution in [1.82, 2.24) is 4.98 Å². The van der Waals surface area contributed by atoms with Gasteiger partial charge in [0.05, 0.1) is 12.0 Å². The molecule has 1 atom stereocenters. The largest absolute Gasteiger partial charge is 0.440 e. The molecule has 4 nitrogen and oxygen atoms in total. The highest BCUT2D eigenvalue weighted by molar-refractivity contribution is 6.04. The molecule has 0 radical (unpaired) electrons. The van der Waals surface area contributed by atoms with Gasteiger partial charge in [0.15, 0.2) is 11.4 Å². The maximum atomic E-state index is 13.4. The van der Waals surface area contributed by atoms with Crippen molar-refractivity contribution in [2.24, 2.45) is 4.99 Å². The predicted octanol–water partition coefficient (Wildman–Crippen LogP) is 5.97. The van der Waals surface area contributed by atoms with Gasteiger partial charge in [-0.1, -0.05) is 60.9 Å². The fourth-order valence-electron chi connectivity index (χ4n) is 5.94. The molecule has 1 aliphatic heterocycles. The van der Waals surface area contributed by atoms with E-state index in [2.05, 4.69) is 29.2 Å². The first-order chi connectivity index (χ1) is 15.2. The van der Waals surface area contributed by atoms with Crippen LogP contribution in [0.3, 0.4) is 0 Å². The highest BCUT2D eigenvalue weighted by Gasteiger charge is 2.46. The average Bonchev–Trinajstić information content (AvgIpc) is 3.40. The highest BCUT2D eigenvalue weighted by Crippen LogP contribution is 2.49. The molecule has 1 spiro atoms. The van der Waals surface area contributed by atoms with Crippen molar-refractivity contribution < 1.29 is 9.21 Å². The van der Waals surface area contributed by atoms with Gasteiger partial charge in [-0.15, -0.1) is 0 Å². The Bertz CT molecular complexity index is 1180. The number of Topliss-reactive ketones (excluding diaryl/α,β-unsaturated/α-hetero) is 1. The topological polar surface area (TPSA) is 55.5 Å². The Balaban J connectivity index is 1.35. The van der Waals surface area contributed by atoms with Crippen LogP contribution in [0.4, 0.5) is 0 Å². The van der Waals surface area contributed by atoms with Crippen LogP contribution in [0.15, 0.2) is 75.2 Å². The van der Waals surface area contributed by atoms with Crippen LogP contribution in [0, 0.1) is 0 Å². The summed E-state index contributed by atoms with van der Waals surface area (Å²) in [7, 11) is 0. The molecule has 2 heterocycles. The van der Waals surface area contributed by atoms with Crippen LogP contribution in [-0.2, 0) is 11.2 Å². The second-order valence-corrected chi connectivity index (χ2v) is 9.26. The lowest BCUT2D eigenvalue weighted by atomic mass is 9.69. The monoisotopic (exact) mass is 410 g/mol. The van der Waals surface area contributed by atoms with Crippen molar-refractivity contribution in [3.05, 3.63) is 77.2 Å². The summed E-state index contributed by atoms with van der Waals surface area (Å²) < 4.78 is 5.99. The lowest BCUT2D eigenvalue weighted by Gasteiger charge is -2.39. The second kappa shape index (κ2) is 7.30. The number of allylic oxidation sites excluding steroid dienone is 1. The van der Waals surface area contributed by atoms with Crippen molar-refractivity contribution in [2.75, 3.05) is 0 Å². The van der Waals surface area contributed by atoms with Gasteiger partial charge in [0.2, 0.25) is 5.89 Å². The Kier molecular flexibility index (Phi) is 4.41. The van der Waals surface area contributed by atoms with Gasteiger partial charge in [0, 0.05) is 24.1 Å². The van der Waals surface area contributed by atoms with Crippen LogP contribution in [0.5, 0.6) is 0 Å². The second-order valence-electron chi connectivity index (χ2n) is 9.26. The Labute approximate surface area is 182 Å². The molecule has 0 amide bonds. The minimum absolute atomic E-state index is 0.273. The third-order valence-electron chi connectivity index (χ3n) is 7.21. The van der Waals surface area contributed by atoms with Gasteiger partial charge in [-0.25, -0.2) is 4.98 Å². The van der Waals surface area contributed by atoms with Gasteiger partial charge in [0.1, 0.15) is 5.52 Å². The number of aromatic nitrogens is 1. The van der Waals surface area contributed by atoms with Gasteiger partial charge in [-0.2, -0.15) is 0 Å². The molecule has 1 fully saturated rings. The molecule has 2 aromatic carbocycles. The summed E-state index contributed by atoms with van der Waals surface area (Å²) in [6.07, 6.45) is 7.23. The van der Waals surface area contributed by atoms with Crippen LogP contribution < -0.4 is 0 Å². The summed E-state index contributed by atoms with van der Waals surface area (Å²) in [6.45, 7) is 0. The zero-order valence-corrected chi connectivity index (χ0v) is 17.6. The van der Waals surface area contributed by atoms with E-state index >= 15 is 0 Å². The number of hydrogen-bond donors (Lipinski definition) is 0. The number of nitrogens with zero attached hydrogens (tertiary/aromatic N) is 2. The van der Waals surface area contributed by atoms with E-state index in [1.54, 1.807) is 0 Å². The fourth-order valence-corrected chi connectivity index (χ4v) is 5.94. The summed E-state index contributed by atoms with van der Waals surface area (Å²) in [4.78, 5) is 23.3. The van der Waals surface area contributed by atoms with Crippen molar-refractivity contribution in [3.8, 4) is 0 Å². The zero-order valence-electron chi connectivity index (χ0n) is 17.6. The first-order valence-electron chi connectivity index (χ1n) is 11.4. The molecule has 2 aliphatic carbocycles. The van der Waals surface area contributed by atoms with E-state index in [0.717, 1.165) is 66.8 Å². The number of ketones is 1. The van der Waals surface area contributed by atoms with Crippen molar-refractivity contribution in [1.29, 1.82) is 0 Å². The molecule has 4 heteroatoms. The minimum atomic E-state index is -0.298. The highest BCUT2D eigenvalue weighted by atomic mass is 16.3. The summed E-state index contributed by atoms with van der Waals surface area (Å²) in [5, 5.41) is 0. The fraction of sp³-hybridized carbons (Fsp3) is 0.370. The molecule has 3 aromatic rings. The molecule has 1 saturated carbocycles. The van der Waals surface area contributed by atoms with E-state index in [1.165, 1.54) is 11.1 Å². The van der Waals surface area contributed by atoms with E-state index < -0.39 is 0 Å². The van der Waals surface area contributed by atoms with E-state index in [1.807, 2.05) is 30.3 Å². The van der Waals surface area contributed by atoms with E-state index in [-0.39, 0.29) is 11.5 Å². The number of carbonyl (C=O) groups is 1. The normalized spacial score (nSPS) is 22.8. The summed E-state index contributed by atoms with van der Waals surface area (Å²) in [5.74, 6) is 1.31. The maximum absolute atomic E-state index is 13.4. The van der Waals surface area contributed by atoms with Gasteiger partial charge >= 0.3 is 0 Å². The number of hydrogen-bond acceptors (Lipinski definition) is 4. The van der Waals surface area contributed by atoms with Gasteiger partial charge < -0.3 is 4.42 Å². The SMILES string of the molecule is O=C1CC(c2ccccc2)CC2=C1C1(CCCC1)N=C(Cc1nc3ccccc3o1)C2. The molecule has 156 valence electrons. The number of carbonyl (C=O) groups excluding carboxylic acids is 1. The number of oxazole rings is 1. The van der Waals surface area contributed by atoms with Crippen molar-refractivity contribution in [2.45, 2.75) is 62.8 Å². The number of dihydropyridines is 1. The van der Waals surface area contributed by atoms with Crippen LogP contribution in [0.25, 0.3) is 11.1 Å². The number of fused-ring (bicyclic) bond motifs is 2. The number of para-hydroxylation sites is 2. The molecule has 0 bridgehead atoms. The van der Waals surface area contributed by atoms with E-state index in [0.29, 0.717) is 18.6 Å². The first-order valence-corrected chi connectivity index (χ1v) is 11.4. The molecule has 0 saturated heterocycles. The third-order valence-corrected chi connectivity index (χ3v) is 7.21. The lowest BCUT2D eigenvalue weighted by molar-refractivity contribution is -0.117. The molecule has 1 aromatic heterocycles. The standard InChI is InChI=1S/C27H26N2O2/c30-23-16-19(18-8-2-1-3-9-18)14-20-15-21(29-27(26(20)23)12-6-7-13-27)17-25-28-22-10-4-5-11-24(22)31-25/h1-5,8-11,19H,6-7,12-17H2. The third kappa shape index (κ3) is 3.25. The van der Waals surface area contributed by atoms with E-state index in [9.17, 15) is 4.79 Å². The Morgan fingerprint density at radius 2 is 1.74 bits per heavy atom. The molecule has 31 heavy (non-hydrogen) atoms. The summed E-state index contributed by atoms with van der Waals surface area (Å²) in [6, 6.07) is 18.4. The maximum Gasteiger partial charge on any atom is 0.201 e. The number of aliphatic imine (C=N–C) groups is 1. The smallest absolute Gasteiger partial charge is 0.201 e. The molecule has 0 N–H and O–H groups in total. The molecule has 6 rings (SSSR count). The average molecular weight is 411 g/mol. The first kappa shape index (κ1) is 18.7. The predicted molar refractivity (Wildman–Crippen MR) is 121 cm³/mol. The number of rotatable bonds is 3. The molecular weight excluding hydrogens is 384 g/mol. The molecule has 3 aliphatic rings. The Morgan fingerprint density at radius 1 is 0.968 bits per heavy atom. The van der Waals surface area contributed by atoms with Crippen LogP contribution in [-0.4, -0.2) is 22.0 Å². The van der Waals surface area contributed by atoms with Crippen molar-refractivity contribution in [3.63, 3.8) is 0 Å². The Hall–Kier alpha value is -3.01. The summed E-state index contributed by atoms with van der Waals surface area (Å²) >= 11 is 0. The van der Waals surface area contributed by atoms with Gasteiger partial charge in [0.25, 0.3) is 0 Å². The molecule has 1 unspecified atom stereocenters. The minimum Gasteiger partial charge on any atom is -0.440 e. The molecular formula is C27H26N2O2. The quantitative estimate of drug-likeness (QED) is 0.534. The van der Waals surface area contributed by atoms with Gasteiger partial charge in [-0.3, -0.25) is 9.79 Å².